The van der Waals surface area contributed by atoms with E-state index in [-0.39, 0.29) is 23.0 Å². The number of hydrogen-bond acceptors (Lipinski definition) is 4. The van der Waals surface area contributed by atoms with Gasteiger partial charge in [0.05, 0.1) is 11.5 Å². The van der Waals surface area contributed by atoms with E-state index in [0.717, 1.165) is 18.6 Å². The number of aryl methyl sites for hydroxylation is 1. The minimum absolute atomic E-state index is 0.0589. The zero-order valence-electron chi connectivity index (χ0n) is 11.8. The lowest BCUT2D eigenvalue weighted by molar-refractivity contribution is 0.153. The number of sulfone groups is 1. The van der Waals surface area contributed by atoms with Crippen LogP contribution in [0.15, 0.2) is 18.2 Å². The van der Waals surface area contributed by atoms with Crippen LogP contribution < -0.4 is 10.5 Å². The van der Waals surface area contributed by atoms with E-state index in [1.54, 1.807) is 0 Å². The van der Waals surface area contributed by atoms with Crippen LogP contribution in [0.3, 0.4) is 0 Å². The summed E-state index contributed by atoms with van der Waals surface area (Å²) < 4.78 is 29.5. The summed E-state index contributed by atoms with van der Waals surface area (Å²) in [7, 11) is -2.92. The van der Waals surface area contributed by atoms with Crippen LogP contribution in [0.25, 0.3) is 0 Å². The standard InChI is InChI=1S/C15H21NO3S/c1-11-2-3-14-12(6-11)7-13(19-14)8-15(9-16)4-5-20(17,18)10-15/h2-3,6,13H,4-5,7-10,16H2,1H3. The van der Waals surface area contributed by atoms with Crippen molar-refractivity contribution in [3.05, 3.63) is 29.3 Å². The van der Waals surface area contributed by atoms with E-state index < -0.39 is 9.84 Å². The summed E-state index contributed by atoms with van der Waals surface area (Å²) in [4.78, 5) is 0. The number of nitrogens with two attached hydrogens (primary N) is 1. The van der Waals surface area contributed by atoms with Crippen molar-refractivity contribution >= 4 is 9.84 Å². The highest BCUT2D eigenvalue weighted by Crippen LogP contribution is 2.40. The average molecular weight is 295 g/mol. The van der Waals surface area contributed by atoms with Crippen LogP contribution in [-0.2, 0) is 16.3 Å². The summed E-state index contributed by atoms with van der Waals surface area (Å²) in [5, 5.41) is 0. The van der Waals surface area contributed by atoms with E-state index >= 15 is 0 Å². The van der Waals surface area contributed by atoms with Crippen molar-refractivity contribution in [2.45, 2.75) is 32.3 Å². The highest BCUT2D eigenvalue weighted by molar-refractivity contribution is 7.91. The first kappa shape index (κ1) is 13.9. The number of hydrogen-bond donors (Lipinski definition) is 1. The van der Waals surface area contributed by atoms with Crippen molar-refractivity contribution in [1.29, 1.82) is 0 Å². The maximum Gasteiger partial charge on any atom is 0.150 e. The van der Waals surface area contributed by atoms with E-state index in [9.17, 15) is 8.42 Å². The number of ether oxygens (including phenoxy) is 1. The van der Waals surface area contributed by atoms with Gasteiger partial charge in [0, 0.05) is 11.8 Å². The second-order valence-electron chi connectivity index (χ2n) is 6.31. The van der Waals surface area contributed by atoms with Crippen LogP contribution in [0, 0.1) is 12.3 Å². The molecule has 2 aliphatic rings. The quantitative estimate of drug-likeness (QED) is 0.916. The molecule has 0 bridgehead atoms. The lowest BCUT2D eigenvalue weighted by Crippen LogP contribution is -2.36. The third-order valence-electron chi connectivity index (χ3n) is 4.52. The minimum Gasteiger partial charge on any atom is -0.490 e. The van der Waals surface area contributed by atoms with Gasteiger partial charge in [0.25, 0.3) is 0 Å². The third-order valence-corrected chi connectivity index (χ3v) is 6.40. The summed E-state index contributed by atoms with van der Waals surface area (Å²) in [6, 6.07) is 6.20. The van der Waals surface area contributed by atoms with Crippen LogP contribution in [0.4, 0.5) is 0 Å². The average Bonchev–Trinajstić information content (AvgIpc) is 2.90. The van der Waals surface area contributed by atoms with Crippen LogP contribution in [-0.4, -0.2) is 32.6 Å². The number of benzene rings is 1. The molecule has 2 N–H and O–H groups in total. The Hall–Kier alpha value is -1.07. The molecule has 2 aliphatic heterocycles. The first-order chi connectivity index (χ1) is 9.41. The first-order valence-electron chi connectivity index (χ1n) is 7.08. The molecule has 3 rings (SSSR count). The molecule has 5 heteroatoms. The molecule has 1 aromatic rings. The van der Waals surface area contributed by atoms with Crippen LogP contribution in [0.2, 0.25) is 0 Å². The van der Waals surface area contributed by atoms with Gasteiger partial charge in [-0.2, -0.15) is 0 Å². The highest BCUT2D eigenvalue weighted by Gasteiger charge is 2.44. The second kappa shape index (κ2) is 4.74. The summed E-state index contributed by atoms with van der Waals surface area (Å²) >= 11 is 0. The predicted molar refractivity (Wildman–Crippen MR) is 78.7 cm³/mol. The van der Waals surface area contributed by atoms with E-state index in [1.165, 1.54) is 11.1 Å². The van der Waals surface area contributed by atoms with Crippen LogP contribution in [0.1, 0.15) is 24.0 Å². The van der Waals surface area contributed by atoms with Crippen LogP contribution >= 0.6 is 0 Å². The molecular weight excluding hydrogens is 274 g/mol. The molecular formula is C15H21NO3S. The Labute approximate surface area is 120 Å². The van der Waals surface area contributed by atoms with E-state index in [0.29, 0.717) is 13.0 Å². The SMILES string of the molecule is Cc1ccc2c(c1)CC(CC1(CN)CCS(=O)(=O)C1)O2. The second-order valence-corrected chi connectivity index (χ2v) is 8.49. The van der Waals surface area contributed by atoms with Gasteiger partial charge in [-0.1, -0.05) is 17.7 Å². The molecule has 0 aromatic heterocycles. The Balaban J connectivity index is 1.74. The molecule has 2 unspecified atom stereocenters. The Morgan fingerprint density at radius 1 is 1.45 bits per heavy atom. The van der Waals surface area contributed by atoms with E-state index in [4.69, 9.17) is 10.5 Å². The zero-order chi connectivity index (χ0) is 14.4. The van der Waals surface area contributed by atoms with Gasteiger partial charge in [0.15, 0.2) is 9.84 Å². The fourth-order valence-corrected chi connectivity index (χ4v) is 5.64. The molecule has 110 valence electrons. The Morgan fingerprint density at radius 2 is 2.25 bits per heavy atom. The maximum absolute atomic E-state index is 11.7. The van der Waals surface area contributed by atoms with Crippen molar-refractivity contribution < 1.29 is 13.2 Å². The Morgan fingerprint density at radius 3 is 2.90 bits per heavy atom. The molecule has 0 spiro atoms. The molecule has 1 fully saturated rings. The van der Waals surface area contributed by atoms with Crippen molar-refractivity contribution in [2.24, 2.45) is 11.1 Å². The van der Waals surface area contributed by atoms with Gasteiger partial charge in [0.1, 0.15) is 11.9 Å². The molecule has 1 aromatic carbocycles. The van der Waals surface area contributed by atoms with Gasteiger partial charge in [-0.3, -0.25) is 0 Å². The van der Waals surface area contributed by atoms with Gasteiger partial charge in [-0.05, 0) is 37.9 Å². The molecule has 4 nitrogen and oxygen atoms in total. The first-order valence-corrected chi connectivity index (χ1v) is 8.90. The molecule has 2 atom stereocenters. The maximum atomic E-state index is 11.7. The molecule has 0 amide bonds. The number of fused-ring (bicyclic) bond motifs is 1. The summed E-state index contributed by atoms with van der Waals surface area (Å²) in [6.07, 6.45) is 2.32. The topological polar surface area (TPSA) is 69.4 Å². The van der Waals surface area contributed by atoms with Crippen molar-refractivity contribution in [2.75, 3.05) is 18.1 Å². The summed E-state index contributed by atoms with van der Waals surface area (Å²) in [5.41, 5.74) is 8.04. The monoisotopic (exact) mass is 295 g/mol. The lowest BCUT2D eigenvalue weighted by atomic mass is 9.81. The predicted octanol–water partition coefficient (Wildman–Crippen LogP) is 1.45. The molecule has 20 heavy (non-hydrogen) atoms. The Bertz CT molecular complexity index is 626. The molecule has 2 heterocycles. The minimum atomic E-state index is -2.92. The van der Waals surface area contributed by atoms with Crippen LogP contribution in [0.5, 0.6) is 5.75 Å². The number of rotatable bonds is 3. The van der Waals surface area contributed by atoms with Crippen molar-refractivity contribution in [3.63, 3.8) is 0 Å². The smallest absolute Gasteiger partial charge is 0.150 e. The summed E-state index contributed by atoms with van der Waals surface area (Å²) in [6.45, 7) is 2.49. The molecule has 1 saturated heterocycles. The van der Waals surface area contributed by atoms with Gasteiger partial charge in [-0.15, -0.1) is 0 Å². The van der Waals surface area contributed by atoms with Gasteiger partial charge in [-0.25, -0.2) is 8.42 Å². The highest BCUT2D eigenvalue weighted by atomic mass is 32.2. The lowest BCUT2D eigenvalue weighted by Gasteiger charge is -2.28. The van der Waals surface area contributed by atoms with Crippen molar-refractivity contribution in [1.82, 2.24) is 0 Å². The zero-order valence-corrected chi connectivity index (χ0v) is 12.6. The van der Waals surface area contributed by atoms with E-state index in [1.807, 2.05) is 12.1 Å². The normalized spacial score (nSPS) is 31.0. The van der Waals surface area contributed by atoms with E-state index in [2.05, 4.69) is 13.0 Å². The van der Waals surface area contributed by atoms with Gasteiger partial charge >= 0.3 is 0 Å². The molecule has 0 radical (unpaired) electrons. The molecule has 0 saturated carbocycles. The van der Waals surface area contributed by atoms with Gasteiger partial charge < -0.3 is 10.5 Å². The third kappa shape index (κ3) is 2.56. The van der Waals surface area contributed by atoms with Crippen molar-refractivity contribution in [3.8, 4) is 5.75 Å². The molecule has 0 aliphatic carbocycles. The fraction of sp³-hybridized carbons (Fsp3) is 0.600. The van der Waals surface area contributed by atoms with Gasteiger partial charge in [0.2, 0.25) is 0 Å². The Kier molecular flexibility index (Phi) is 3.29. The fourth-order valence-electron chi connectivity index (χ4n) is 3.43. The largest absolute Gasteiger partial charge is 0.490 e. The summed E-state index contributed by atoms with van der Waals surface area (Å²) in [5.74, 6) is 1.42.